The first-order valence-electron chi connectivity index (χ1n) is 5.08. The van der Waals surface area contributed by atoms with Gasteiger partial charge in [0.25, 0.3) is 0 Å². The monoisotopic (exact) mass is 257 g/mol. The Morgan fingerprint density at radius 3 is 2.82 bits per heavy atom. The van der Waals surface area contributed by atoms with Gasteiger partial charge >= 0.3 is 5.97 Å². The molecular weight excluding hydrogens is 242 g/mol. The summed E-state index contributed by atoms with van der Waals surface area (Å²) in [7, 11) is 1.27. The Kier molecular flexibility index (Phi) is 5.65. The molecule has 17 heavy (non-hydrogen) atoms. The van der Waals surface area contributed by atoms with Crippen molar-refractivity contribution in [1.82, 2.24) is 5.32 Å². The molecule has 0 aliphatic carbocycles. The van der Waals surface area contributed by atoms with Gasteiger partial charge in [0.2, 0.25) is 5.91 Å². The smallest absolute Gasteiger partial charge is 0.330 e. The van der Waals surface area contributed by atoms with Crippen LogP contribution in [-0.4, -0.2) is 31.6 Å². The number of carbonyl (C=O) groups excluding carboxylic acids is 2. The fourth-order valence-electron chi connectivity index (χ4n) is 1.23. The lowest BCUT2D eigenvalue weighted by Crippen LogP contribution is -2.43. The predicted octanol–water partition coefficient (Wildman–Crippen LogP) is 0.942. The van der Waals surface area contributed by atoms with Crippen molar-refractivity contribution >= 4 is 23.2 Å². The Morgan fingerprint density at radius 2 is 2.29 bits per heavy atom. The molecule has 6 heteroatoms. The summed E-state index contributed by atoms with van der Waals surface area (Å²) in [6.07, 6.45) is 0. The van der Waals surface area contributed by atoms with E-state index in [0.29, 0.717) is 6.61 Å². The highest BCUT2D eigenvalue weighted by Crippen LogP contribution is 2.09. The summed E-state index contributed by atoms with van der Waals surface area (Å²) >= 11 is 1.57. The topological polar surface area (TPSA) is 64.6 Å². The number of methoxy groups -OCH3 is 1. The fourth-order valence-corrected chi connectivity index (χ4v) is 1.87. The van der Waals surface area contributed by atoms with Gasteiger partial charge in [-0.1, -0.05) is 6.07 Å². The van der Waals surface area contributed by atoms with Crippen molar-refractivity contribution in [2.75, 3.05) is 13.7 Å². The highest BCUT2D eigenvalue weighted by Gasteiger charge is 2.20. The predicted molar refractivity (Wildman–Crippen MR) is 63.6 cm³/mol. The maximum atomic E-state index is 11.3. The molecule has 1 unspecified atom stereocenters. The van der Waals surface area contributed by atoms with E-state index < -0.39 is 12.0 Å². The highest BCUT2D eigenvalue weighted by atomic mass is 32.1. The van der Waals surface area contributed by atoms with Crippen molar-refractivity contribution in [2.45, 2.75) is 19.6 Å². The van der Waals surface area contributed by atoms with Crippen LogP contribution in [-0.2, 0) is 25.7 Å². The van der Waals surface area contributed by atoms with Gasteiger partial charge in [0.1, 0.15) is 0 Å². The fraction of sp³-hybridized carbons (Fsp3) is 0.455. The average Bonchev–Trinajstić information content (AvgIpc) is 2.79. The summed E-state index contributed by atoms with van der Waals surface area (Å²) in [5.41, 5.74) is 0. The van der Waals surface area contributed by atoms with Crippen molar-refractivity contribution in [3.63, 3.8) is 0 Å². The van der Waals surface area contributed by atoms with Gasteiger partial charge in [-0.25, -0.2) is 4.79 Å². The molecule has 1 heterocycles. The van der Waals surface area contributed by atoms with E-state index in [0.717, 1.165) is 4.88 Å². The molecule has 1 N–H and O–H groups in total. The van der Waals surface area contributed by atoms with Crippen molar-refractivity contribution in [3.8, 4) is 0 Å². The molecule has 0 spiro atoms. The van der Waals surface area contributed by atoms with Gasteiger partial charge in [-0.05, 0) is 11.4 Å². The third-order valence-corrected chi connectivity index (χ3v) is 2.82. The van der Waals surface area contributed by atoms with Gasteiger partial charge in [-0.15, -0.1) is 11.3 Å². The summed E-state index contributed by atoms with van der Waals surface area (Å²) in [6.45, 7) is 1.87. The molecule has 1 aromatic heterocycles. The minimum absolute atomic E-state index is 0.101. The van der Waals surface area contributed by atoms with Crippen LogP contribution in [0.1, 0.15) is 11.8 Å². The van der Waals surface area contributed by atoms with Crippen LogP contribution in [0.3, 0.4) is 0 Å². The minimum atomic E-state index is -0.752. The normalized spacial score (nSPS) is 11.9. The van der Waals surface area contributed by atoms with Crippen LogP contribution in [0.4, 0.5) is 0 Å². The third-order valence-electron chi connectivity index (χ3n) is 1.97. The van der Waals surface area contributed by atoms with Crippen molar-refractivity contribution in [1.29, 1.82) is 0 Å². The molecule has 0 aromatic carbocycles. The van der Waals surface area contributed by atoms with E-state index >= 15 is 0 Å². The van der Waals surface area contributed by atoms with E-state index in [1.54, 1.807) is 11.3 Å². The molecule has 0 aliphatic heterocycles. The molecule has 0 radical (unpaired) electrons. The van der Waals surface area contributed by atoms with Crippen LogP contribution in [0.15, 0.2) is 17.5 Å². The van der Waals surface area contributed by atoms with Crippen LogP contribution < -0.4 is 5.32 Å². The first kappa shape index (κ1) is 13.7. The van der Waals surface area contributed by atoms with E-state index in [4.69, 9.17) is 4.74 Å². The zero-order chi connectivity index (χ0) is 12.7. The Labute approximate surface area is 104 Å². The lowest BCUT2D eigenvalue weighted by atomic mass is 10.3. The highest BCUT2D eigenvalue weighted by molar-refractivity contribution is 7.09. The molecule has 1 amide bonds. The lowest BCUT2D eigenvalue weighted by Gasteiger charge is -2.15. The first-order valence-corrected chi connectivity index (χ1v) is 5.96. The van der Waals surface area contributed by atoms with Gasteiger partial charge < -0.3 is 14.8 Å². The van der Waals surface area contributed by atoms with Crippen LogP contribution in [0.25, 0.3) is 0 Å². The third kappa shape index (κ3) is 4.97. The number of carbonyl (C=O) groups is 2. The van der Waals surface area contributed by atoms with Gasteiger partial charge in [0.15, 0.2) is 6.04 Å². The number of thiophene rings is 1. The van der Waals surface area contributed by atoms with Crippen molar-refractivity contribution in [2.24, 2.45) is 0 Å². The van der Waals surface area contributed by atoms with E-state index in [1.807, 2.05) is 17.5 Å². The van der Waals surface area contributed by atoms with Gasteiger partial charge in [0.05, 0.1) is 20.3 Å². The largest absolute Gasteiger partial charge is 0.467 e. The van der Waals surface area contributed by atoms with E-state index in [1.165, 1.54) is 14.0 Å². The molecule has 0 saturated carbocycles. The van der Waals surface area contributed by atoms with E-state index in [-0.39, 0.29) is 12.5 Å². The number of esters is 1. The molecule has 0 saturated heterocycles. The second-order valence-corrected chi connectivity index (χ2v) is 4.40. The standard InChI is InChI=1S/C11H15NO4S/c1-8(13)12-10(11(14)15-2)7-16-6-9-4-3-5-17-9/h3-5,10H,6-7H2,1-2H3,(H,12,13). The van der Waals surface area contributed by atoms with Crippen molar-refractivity contribution < 1.29 is 19.1 Å². The van der Waals surface area contributed by atoms with Gasteiger partial charge in [0, 0.05) is 11.8 Å². The summed E-state index contributed by atoms with van der Waals surface area (Å²) in [4.78, 5) is 23.3. The Morgan fingerprint density at radius 1 is 1.53 bits per heavy atom. The Balaban J connectivity index is 2.38. The van der Waals surface area contributed by atoms with E-state index in [2.05, 4.69) is 10.1 Å². The van der Waals surface area contributed by atoms with Gasteiger partial charge in [-0.3, -0.25) is 4.79 Å². The molecule has 5 nitrogen and oxygen atoms in total. The minimum Gasteiger partial charge on any atom is -0.467 e. The molecule has 0 fully saturated rings. The summed E-state index contributed by atoms with van der Waals surface area (Å²) in [6, 6.07) is 3.11. The van der Waals surface area contributed by atoms with E-state index in [9.17, 15) is 9.59 Å². The summed E-state index contributed by atoms with van der Waals surface area (Å²) in [5, 5.41) is 4.42. The van der Waals surface area contributed by atoms with Crippen LogP contribution in [0.2, 0.25) is 0 Å². The molecule has 0 bridgehead atoms. The maximum absolute atomic E-state index is 11.3. The quantitative estimate of drug-likeness (QED) is 0.770. The zero-order valence-corrected chi connectivity index (χ0v) is 10.6. The first-order chi connectivity index (χ1) is 8.13. The van der Waals surface area contributed by atoms with Crippen LogP contribution >= 0.6 is 11.3 Å². The molecular formula is C11H15NO4S. The Bertz CT molecular complexity index is 364. The van der Waals surface area contributed by atoms with Crippen molar-refractivity contribution in [3.05, 3.63) is 22.4 Å². The number of amides is 1. The summed E-state index contributed by atoms with van der Waals surface area (Å²) in [5.74, 6) is -0.800. The zero-order valence-electron chi connectivity index (χ0n) is 9.76. The maximum Gasteiger partial charge on any atom is 0.330 e. The Hall–Kier alpha value is -1.40. The molecule has 1 rings (SSSR count). The van der Waals surface area contributed by atoms with Crippen LogP contribution in [0, 0.1) is 0 Å². The molecule has 1 aromatic rings. The second kappa shape index (κ2) is 7.03. The number of ether oxygens (including phenoxy) is 2. The SMILES string of the molecule is COC(=O)C(COCc1cccs1)NC(C)=O. The molecule has 0 aliphatic rings. The lowest BCUT2D eigenvalue weighted by molar-refractivity contribution is -0.146. The summed E-state index contributed by atoms with van der Waals surface area (Å²) < 4.78 is 9.93. The average molecular weight is 257 g/mol. The number of rotatable bonds is 6. The number of hydrogen-bond donors (Lipinski definition) is 1. The number of hydrogen-bond acceptors (Lipinski definition) is 5. The second-order valence-electron chi connectivity index (χ2n) is 3.37. The molecule has 1 atom stereocenters. The molecule has 94 valence electrons. The van der Waals surface area contributed by atoms with Gasteiger partial charge in [-0.2, -0.15) is 0 Å². The number of nitrogens with one attached hydrogen (secondary N) is 1. The van der Waals surface area contributed by atoms with Crippen LogP contribution in [0.5, 0.6) is 0 Å².